The van der Waals surface area contributed by atoms with Crippen LogP contribution in [0.3, 0.4) is 0 Å². The Morgan fingerprint density at radius 3 is 2.83 bits per heavy atom. The largest absolute Gasteiger partial charge is 0.487 e. The minimum absolute atomic E-state index is 0.404. The smallest absolute Gasteiger partial charge is 0.130 e. The molecule has 94 valence electrons. The highest BCUT2D eigenvalue weighted by molar-refractivity contribution is 5.37. The summed E-state index contributed by atoms with van der Waals surface area (Å²) in [5, 5.41) is 0. The molecule has 2 rings (SSSR count). The number of hydrogen-bond donors (Lipinski definition) is 1. The van der Waals surface area contributed by atoms with Gasteiger partial charge < -0.3 is 15.2 Å². The van der Waals surface area contributed by atoms with Gasteiger partial charge in [0, 0.05) is 19.0 Å². The van der Waals surface area contributed by atoms with E-state index in [2.05, 4.69) is 4.98 Å². The molecular weight excluding hydrogens is 228 g/mol. The first-order chi connectivity index (χ1) is 8.78. The van der Waals surface area contributed by atoms with E-state index < -0.39 is 0 Å². The summed E-state index contributed by atoms with van der Waals surface area (Å²) in [5.74, 6) is 0.800. The number of aromatic nitrogens is 1. The topological polar surface area (TPSA) is 57.4 Å². The van der Waals surface area contributed by atoms with Crippen LogP contribution in [0.2, 0.25) is 0 Å². The SMILES string of the molecule is COCc1cccc(OCc2cc(N)ccn2)c1. The number of benzene rings is 1. The number of anilines is 1. The second-order valence-corrected chi connectivity index (χ2v) is 3.95. The highest BCUT2D eigenvalue weighted by Gasteiger charge is 1.99. The molecule has 0 aliphatic rings. The predicted molar refractivity (Wildman–Crippen MR) is 70.1 cm³/mol. The van der Waals surface area contributed by atoms with Crippen LogP contribution in [-0.2, 0) is 18.0 Å². The van der Waals surface area contributed by atoms with Crippen molar-refractivity contribution < 1.29 is 9.47 Å². The van der Waals surface area contributed by atoms with E-state index in [4.69, 9.17) is 15.2 Å². The van der Waals surface area contributed by atoms with Crippen LogP contribution in [0.5, 0.6) is 5.75 Å². The maximum absolute atomic E-state index is 5.68. The van der Waals surface area contributed by atoms with Crippen molar-refractivity contribution in [2.75, 3.05) is 12.8 Å². The fourth-order valence-corrected chi connectivity index (χ4v) is 1.62. The molecule has 1 aromatic carbocycles. The van der Waals surface area contributed by atoms with Crippen molar-refractivity contribution in [1.82, 2.24) is 4.98 Å². The minimum Gasteiger partial charge on any atom is -0.487 e. The number of methoxy groups -OCH3 is 1. The van der Waals surface area contributed by atoms with Gasteiger partial charge in [-0.3, -0.25) is 4.98 Å². The van der Waals surface area contributed by atoms with Gasteiger partial charge in [0.2, 0.25) is 0 Å². The third-order valence-electron chi connectivity index (χ3n) is 2.44. The second-order valence-electron chi connectivity index (χ2n) is 3.95. The molecule has 4 heteroatoms. The Morgan fingerprint density at radius 2 is 2.06 bits per heavy atom. The average Bonchev–Trinajstić information content (AvgIpc) is 2.37. The lowest BCUT2D eigenvalue weighted by Gasteiger charge is -2.07. The van der Waals surface area contributed by atoms with Gasteiger partial charge in [0.15, 0.2) is 0 Å². The third kappa shape index (κ3) is 3.46. The van der Waals surface area contributed by atoms with Crippen LogP contribution in [0, 0.1) is 0 Å². The maximum atomic E-state index is 5.68. The van der Waals surface area contributed by atoms with Crippen molar-refractivity contribution in [3.05, 3.63) is 53.9 Å². The number of pyridine rings is 1. The number of nitrogen functional groups attached to an aromatic ring is 1. The van der Waals surface area contributed by atoms with Crippen LogP contribution in [0.4, 0.5) is 5.69 Å². The lowest BCUT2D eigenvalue weighted by Crippen LogP contribution is -1.99. The zero-order valence-electron chi connectivity index (χ0n) is 10.3. The average molecular weight is 244 g/mol. The van der Waals surface area contributed by atoms with Crippen molar-refractivity contribution in [3.8, 4) is 5.75 Å². The number of ether oxygens (including phenoxy) is 2. The molecule has 1 aromatic heterocycles. The Morgan fingerprint density at radius 1 is 1.17 bits per heavy atom. The Kier molecular flexibility index (Phi) is 4.15. The molecular formula is C14H16N2O2. The third-order valence-corrected chi connectivity index (χ3v) is 2.44. The van der Waals surface area contributed by atoms with E-state index in [-0.39, 0.29) is 0 Å². The Balaban J connectivity index is 1.99. The first-order valence-corrected chi connectivity index (χ1v) is 5.69. The molecule has 4 nitrogen and oxygen atoms in total. The number of nitrogens with zero attached hydrogens (tertiary/aromatic N) is 1. The number of nitrogens with two attached hydrogens (primary N) is 1. The minimum atomic E-state index is 0.404. The van der Waals surface area contributed by atoms with Gasteiger partial charge in [-0.1, -0.05) is 12.1 Å². The molecule has 0 radical (unpaired) electrons. The summed E-state index contributed by atoms with van der Waals surface area (Å²) in [7, 11) is 1.67. The first kappa shape index (κ1) is 12.4. The van der Waals surface area contributed by atoms with E-state index in [9.17, 15) is 0 Å². The van der Waals surface area contributed by atoms with Gasteiger partial charge in [-0.2, -0.15) is 0 Å². The van der Waals surface area contributed by atoms with Crippen LogP contribution in [-0.4, -0.2) is 12.1 Å². The quantitative estimate of drug-likeness (QED) is 0.877. The standard InChI is InChI=1S/C14H16N2O2/c1-17-9-11-3-2-4-14(7-11)18-10-13-8-12(15)5-6-16-13/h2-8H,9-10H2,1H3,(H2,15,16). The molecule has 0 atom stereocenters. The molecule has 0 unspecified atom stereocenters. The molecule has 0 saturated heterocycles. The normalized spacial score (nSPS) is 10.3. The highest BCUT2D eigenvalue weighted by atomic mass is 16.5. The molecule has 1 heterocycles. The van der Waals surface area contributed by atoms with E-state index >= 15 is 0 Å². The van der Waals surface area contributed by atoms with Crippen LogP contribution >= 0.6 is 0 Å². The Bertz CT molecular complexity index is 515. The van der Waals surface area contributed by atoms with E-state index in [1.807, 2.05) is 24.3 Å². The van der Waals surface area contributed by atoms with E-state index in [0.717, 1.165) is 17.0 Å². The van der Waals surface area contributed by atoms with Crippen LogP contribution in [0.25, 0.3) is 0 Å². The zero-order valence-corrected chi connectivity index (χ0v) is 10.3. The number of hydrogen-bond acceptors (Lipinski definition) is 4. The summed E-state index contributed by atoms with van der Waals surface area (Å²) >= 11 is 0. The summed E-state index contributed by atoms with van der Waals surface area (Å²) < 4.78 is 10.7. The van der Waals surface area contributed by atoms with Crippen LogP contribution < -0.4 is 10.5 Å². The molecule has 0 fully saturated rings. The molecule has 0 amide bonds. The van der Waals surface area contributed by atoms with Crippen molar-refractivity contribution >= 4 is 5.69 Å². The molecule has 0 spiro atoms. The van der Waals surface area contributed by atoms with Gasteiger partial charge in [-0.15, -0.1) is 0 Å². The van der Waals surface area contributed by atoms with E-state index in [0.29, 0.717) is 18.9 Å². The van der Waals surface area contributed by atoms with Crippen molar-refractivity contribution in [1.29, 1.82) is 0 Å². The fourth-order valence-electron chi connectivity index (χ4n) is 1.62. The summed E-state index contributed by atoms with van der Waals surface area (Å²) in [6, 6.07) is 11.4. The summed E-state index contributed by atoms with van der Waals surface area (Å²) in [4.78, 5) is 4.18. The summed E-state index contributed by atoms with van der Waals surface area (Å²) in [6.45, 7) is 0.981. The van der Waals surface area contributed by atoms with Gasteiger partial charge in [-0.25, -0.2) is 0 Å². The van der Waals surface area contributed by atoms with Gasteiger partial charge >= 0.3 is 0 Å². The monoisotopic (exact) mass is 244 g/mol. The van der Waals surface area contributed by atoms with E-state index in [1.54, 1.807) is 25.4 Å². The molecule has 2 N–H and O–H groups in total. The lowest BCUT2D eigenvalue weighted by atomic mass is 10.2. The highest BCUT2D eigenvalue weighted by Crippen LogP contribution is 2.15. The van der Waals surface area contributed by atoms with Gasteiger partial charge in [-0.05, 0) is 29.8 Å². The molecule has 18 heavy (non-hydrogen) atoms. The molecule has 0 bridgehead atoms. The molecule has 2 aromatic rings. The van der Waals surface area contributed by atoms with Crippen LogP contribution in [0.1, 0.15) is 11.3 Å². The maximum Gasteiger partial charge on any atom is 0.130 e. The van der Waals surface area contributed by atoms with Gasteiger partial charge in [0.1, 0.15) is 12.4 Å². The lowest BCUT2D eigenvalue weighted by molar-refractivity contribution is 0.184. The van der Waals surface area contributed by atoms with Crippen molar-refractivity contribution in [2.24, 2.45) is 0 Å². The summed E-state index contributed by atoms with van der Waals surface area (Å²) in [6.07, 6.45) is 1.68. The number of rotatable bonds is 5. The zero-order chi connectivity index (χ0) is 12.8. The van der Waals surface area contributed by atoms with Gasteiger partial charge in [0.25, 0.3) is 0 Å². The fraction of sp³-hybridized carbons (Fsp3) is 0.214. The van der Waals surface area contributed by atoms with Crippen molar-refractivity contribution in [2.45, 2.75) is 13.2 Å². The van der Waals surface area contributed by atoms with Gasteiger partial charge in [0.05, 0.1) is 12.3 Å². The molecule has 0 aliphatic heterocycles. The Labute approximate surface area is 106 Å². The second kappa shape index (κ2) is 6.02. The Hall–Kier alpha value is -2.07. The summed E-state index contributed by atoms with van der Waals surface area (Å²) in [5.41, 5.74) is 8.26. The van der Waals surface area contributed by atoms with Crippen molar-refractivity contribution in [3.63, 3.8) is 0 Å². The van der Waals surface area contributed by atoms with E-state index in [1.165, 1.54) is 0 Å². The predicted octanol–water partition coefficient (Wildman–Crippen LogP) is 2.39. The molecule has 0 aliphatic carbocycles. The van der Waals surface area contributed by atoms with Crippen LogP contribution in [0.15, 0.2) is 42.6 Å². The first-order valence-electron chi connectivity index (χ1n) is 5.69. The molecule has 0 saturated carbocycles.